The van der Waals surface area contributed by atoms with Crippen LogP contribution in [0.2, 0.25) is 0 Å². The molecule has 0 aromatic heterocycles. The molecular weight excluding hydrogens is 323 g/mol. The van der Waals surface area contributed by atoms with E-state index in [4.69, 9.17) is 34.8 Å². The van der Waals surface area contributed by atoms with Gasteiger partial charge in [-0.25, -0.2) is 0 Å². The van der Waals surface area contributed by atoms with E-state index in [1.807, 2.05) is 0 Å². The molecule has 2 aromatic rings. The highest BCUT2D eigenvalue weighted by atomic mass is 35.6. The van der Waals surface area contributed by atoms with Gasteiger partial charge in [0, 0.05) is 0 Å². The van der Waals surface area contributed by atoms with E-state index >= 15 is 0 Å². The number of phenols is 3. The maximum atomic E-state index is 9.59. The number of hydrogen-bond donors (Lipinski definition) is 3. The summed E-state index contributed by atoms with van der Waals surface area (Å²) in [6, 6.07) is 10.5. The highest BCUT2D eigenvalue weighted by molar-refractivity contribution is 6.68. The molecular formula is C14H11Cl3O3. The van der Waals surface area contributed by atoms with Crippen LogP contribution in [0.15, 0.2) is 42.5 Å². The van der Waals surface area contributed by atoms with E-state index in [0.717, 1.165) is 0 Å². The van der Waals surface area contributed by atoms with Gasteiger partial charge in [-0.2, -0.15) is 0 Å². The molecule has 20 heavy (non-hydrogen) atoms. The van der Waals surface area contributed by atoms with Crippen molar-refractivity contribution in [2.24, 2.45) is 0 Å². The van der Waals surface area contributed by atoms with E-state index < -0.39 is 9.71 Å². The van der Waals surface area contributed by atoms with Gasteiger partial charge < -0.3 is 15.3 Å². The number of benzene rings is 2. The first-order valence-electron chi connectivity index (χ1n) is 5.66. The lowest BCUT2D eigenvalue weighted by Crippen LogP contribution is -2.18. The molecule has 0 fully saturated rings. The van der Waals surface area contributed by atoms with Crippen molar-refractivity contribution >= 4 is 34.8 Å². The van der Waals surface area contributed by atoms with Gasteiger partial charge in [-0.15, -0.1) is 0 Å². The smallest absolute Gasteiger partial charge is 0.201 e. The molecule has 2 aromatic carbocycles. The van der Waals surface area contributed by atoms with Gasteiger partial charge in [-0.05, 0) is 35.4 Å². The predicted octanol–water partition coefficient (Wildman–Crippen LogP) is 4.31. The Kier molecular flexibility index (Phi) is 4.23. The minimum atomic E-state index is -1.65. The fraction of sp³-hybridized carbons (Fsp3) is 0.143. The molecule has 0 aliphatic rings. The Morgan fingerprint density at radius 2 is 1.30 bits per heavy atom. The SMILES string of the molecule is Oc1ccc(C(c2ccc(O)c(O)c2)C(Cl)(Cl)Cl)cc1. The molecule has 1 atom stereocenters. The lowest BCUT2D eigenvalue weighted by Gasteiger charge is -2.25. The summed E-state index contributed by atoms with van der Waals surface area (Å²) in [4.78, 5) is 0. The molecule has 6 heteroatoms. The van der Waals surface area contributed by atoms with Gasteiger partial charge in [0.2, 0.25) is 3.79 Å². The van der Waals surface area contributed by atoms with Crippen LogP contribution in [-0.4, -0.2) is 19.1 Å². The Balaban J connectivity index is 2.53. The third kappa shape index (κ3) is 3.23. The zero-order chi connectivity index (χ0) is 14.9. The van der Waals surface area contributed by atoms with E-state index in [9.17, 15) is 15.3 Å². The molecule has 106 valence electrons. The number of hydrogen-bond acceptors (Lipinski definition) is 3. The molecule has 3 N–H and O–H groups in total. The number of alkyl halides is 3. The van der Waals surface area contributed by atoms with Crippen molar-refractivity contribution in [2.75, 3.05) is 0 Å². The Bertz CT molecular complexity index is 606. The fourth-order valence-electron chi connectivity index (χ4n) is 1.96. The molecule has 0 spiro atoms. The van der Waals surface area contributed by atoms with Crippen LogP contribution in [0.4, 0.5) is 0 Å². The zero-order valence-corrected chi connectivity index (χ0v) is 12.4. The molecule has 0 saturated carbocycles. The molecule has 0 aliphatic heterocycles. The number of phenolic OH excluding ortho intramolecular Hbond substituents is 3. The molecule has 1 unspecified atom stereocenters. The third-order valence-corrected chi connectivity index (χ3v) is 3.54. The largest absolute Gasteiger partial charge is 0.508 e. The van der Waals surface area contributed by atoms with Gasteiger partial charge in [0.05, 0.1) is 5.92 Å². The number of halogens is 3. The van der Waals surface area contributed by atoms with Gasteiger partial charge in [0.1, 0.15) is 5.75 Å². The normalized spacial score (nSPS) is 13.2. The molecule has 0 radical (unpaired) electrons. The van der Waals surface area contributed by atoms with Gasteiger partial charge in [0.15, 0.2) is 11.5 Å². The summed E-state index contributed by atoms with van der Waals surface area (Å²) >= 11 is 18.1. The average Bonchev–Trinajstić information content (AvgIpc) is 2.35. The Morgan fingerprint density at radius 1 is 0.750 bits per heavy atom. The van der Waals surface area contributed by atoms with Gasteiger partial charge in [-0.1, -0.05) is 53.0 Å². The Morgan fingerprint density at radius 3 is 1.80 bits per heavy atom. The molecule has 0 bridgehead atoms. The van der Waals surface area contributed by atoms with Crippen LogP contribution in [0.1, 0.15) is 17.0 Å². The van der Waals surface area contributed by atoms with Crippen LogP contribution in [0.3, 0.4) is 0 Å². The highest BCUT2D eigenvalue weighted by Gasteiger charge is 2.35. The maximum Gasteiger partial charge on any atom is 0.201 e. The van der Waals surface area contributed by atoms with Crippen molar-refractivity contribution in [2.45, 2.75) is 9.71 Å². The van der Waals surface area contributed by atoms with Crippen LogP contribution >= 0.6 is 34.8 Å². The number of rotatable bonds is 2. The van der Waals surface area contributed by atoms with Crippen LogP contribution in [0.25, 0.3) is 0 Å². The first kappa shape index (κ1) is 15.1. The third-order valence-electron chi connectivity index (χ3n) is 2.89. The van der Waals surface area contributed by atoms with E-state index in [-0.39, 0.29) is 17.2 Å². The summed E-state index contributed by atoms with van der Waals surface area (Å²) in [5.74, 6) is -1.09. The average molecular weight is 334 g/mol. The summed E-state index contributed by atoms with van der Waals surface area (Å²) in [6.07, 6.45) is 0. The summed E-state index contributed by atoms with van der Waals surface area (Å²) in [5, 5.41) is 28.3. The second-order valence-corrected chi connectivity index (χ2v) is 6.68. The van der Waals surface area contributed by atoms with Crippen LogP contribution in [0.5, 0.6) is 17.2 Å². The van der Waals surface area contributed by atoms with Crippen molar-refractivity contribution in [1.29, 1.82) is 0 Å². The predicted molar refractivity (Wildman–Crippen MR) is 80.0 cm³/mol. The van der Waals surface area contributed by atoms with Crippen LogP contribution in [-0.2, 0) is 0 Å². The van der Waals surface area contributed by atoms with Crippen molar-refractivity contribution < 1.29 is 15.3 Å². The van der Waals surface area contributed by atoms with Crippen molar-refractivity contribution in [3.8, 4) is 17.2 Å². The summed E-state index contributed by atoms with van der Waals surface area (Å²) in [6.45, 7) is 0. The topological polar surface area (TPSA) is 60.7 Å². The van der Waals surface area contributed by atoms with E-state index in [1.165, 1.54) is 24.3 Å². The maximum absolute atomic E-state index is 9.59. The van der Waals surface area contributed by atoms with Gasteiger partial charge in [-0.3, -0.25) is 0 Å². The zero-order valence-electron chi connectivity index (χ0n) is 10.1. The van der Waals surface area contributed by atoms with Crippen LogP contribution in [0, 0.1) is 0 Å². The molecule has 0 amide bonds. The van der Waals surface area contributed by atoms with E-state index in [1.54, 1.807) is 18.2 Å². The molecule has 0 heterocycles. The van der Waals surface area contributed by atoms with E-state index in [0.29, 0.717) is 11.1 Å². The molecule has 2 rings (SSSR count). The van der Waals surface area contributed by atoms with Crippen LogP contribution < -0.4 is 0 Å². The van der Waals surface area contributed by atoms with Crippen molar-refractivity contribution in [3.63, 3.8) is 0 Å². The highest BCUT2D eigenvalue weighted by Crippen LogP contribution is 2.47. The second-order valence-electron chi connectivity index (χ2n) is 4.31. The second kappa shape index (κ2) is 5.60. The number of aromatic hydroxyl groups is 3. The van der Waals surface area contributed by atoms with Crippen molar-refractivity contribution in [1.82, 2.24) is 0 Å². The standard InChI is InChI=1S/C14H11Cl3O3/c15-14(16,17)13(8-1-4-10(18)5-2-8)9-3-6-11(19)12(20)7-9/h1-7,13,18-20H. The van der Waals surface area contributed by atoms with Crippen molar-refractivity contribution in [3.05, 3.63) is 53.6 Å². The minimum Gasteiger partial charge on any atom is -0.508 e. The molecule has 0 saturated heterocycles. The summed E-state index contributed by atoms with van der Waals surface area (Å²) < 4.78 is -1.65. The van der Waals surface area contributed by atoms with Gasteiger partial charge in [0.25, 0.3) is 0 Å². The first-order valence-corrected chi connectivity index (χ1v) is 6.80. The molecule has 3 nitrogen and oxygen atoms in total. The monoisotopic (exact) mass is 332 g/mol. The first-order chi connectivity index (χ1) is 9.29. The Labute approximate surface area is 131 Å². The lowest BCUT2D eigenvalue weighted by molar-refractivity contribution is 0.403. The lowest BCUT2D eigenvalue weighted by atomic mass is 9.92. The van der Waals surface area contributed by atoms with E-state index in [2.05, 4.69) is 0 Å². The summed E-state index contributed by atoms with van der Waals surface area (Å²) in [7, 11) is 0. The summed E-state index contributed by atoms with van der Waals surface area (Å²) in [5.41, 5.74) is 1.19. The van der Waals surface area contributed by atoms with Gasteiger partial charge >= 0.3 is 0 Å². The quantitative estimate of drug-likeness (QED) is 0.567. The molecule has 0 aliphatic carbocycles. The Hall–Kier alpha value is -1.29. The fourth-order valence-corrected chi connectivity index (χ4v) is 2.71. The minimum absolute atomic E-state index is 0.102.